The van der Waals surface area contributed by atoms with Crippen LogP contribution in [0.15, 0.2) is 17.1 Å². The van der Waals surface area contributed by atoms with Crippen molar-refractivity contribution in [2.45, 2.75) is 5.75 Å². The first-order chi connectivity index (χ1) is 4.93. The number of oxazole rings is 1. The Morgan fingerprint density at radius 3 is 3.20 bits per heavy atom. The molecule has 0 amide bonds. The molecule has 0 fully saturated rings. The zero-order chi connectivity index (χ0) is 7.23. The zero-order valence-corrected chi connectivity index (χ0v) is 6.43. The molecule has 0 atom stereocenters. The highest BCUT2D eigenvalue weighted by molar-refractivity contribution is 7.98. The first-order valence-corrected chi connectivity index (χ1v) is 4.24. The Labute approximate surface area is 64.0 Å². The molecule has 1 aromatic rings. The highest BCUT2D eigenvalue weighted by Gasteiger charge is 1.93. The van der Waals surface area contributed by atoms with E-state index in [9.17, 15) is 0 Å². The summed E-state index contributed by atoms with van der Waals surface area (Å²) in [7, 11) is 0. The van der Waals surface area contributed by atoms with Crippen LogP contribution in [0.3, 0.4) is 0 Å². The summed E-state index contributed by atoms with van der Waals surface area (Å²) in [6.07, 6.45) is 3.10. The lowest BCUT2D eigenvalue weighted by Gasteiger charge is -1.92. The molecule has 1 heterocycles. The average Bonchev–Trinajstić information content (AvgIpc) is 2.41. The Morgan fingerprint density at radius 1 is 1.70 bits per heavy atom. The first-order valence-electron chi connectivity index (χ1n) is 3.08. The predicted molar refractivity (Wildman–Crippen MR) is 41.7 cm³/mol. The largest absolute Gasteiger partial charge is 0.451 e. The number of aromatic nitrogens is 1. The van der Waals surface area contributed by atoms with Gasteiger partial charge in [-0.2, -0.15) is 11.8 Å². The Morgan fingerprint density at radius 2 is 2.60 bits per heavy atom. The van der Waals surface area contributed by atoms with Crippen LogP contribution in [0.25, 0.3) is 0 Å². The summed E-state index contributed by atoms with van der Waals surface area (Å²) in [6, 6.07) is 0. The van der Waals surface area contributed by atoms with Crippen LogP contribution >= 0.6 is 11.8 Å². The van der Waals surface area contributed by atoms with Gasteiger partial charge in [0.25, 0.3) is 0 Å². The van der Waals surface area contributed by atoms with Crippen molar-refractivity contribution in [2.75, 3.05) is 12.3 Å². The number of nitrogens with zero attached hydrogens (tertiary/aromatic N) is 1. The van der Waals surface area contributed by atoms with E-state index in [0.717, 1.165) is 23.7 Å². The number of hydrogen-bond donors (Lipinski definition) is 1. The van der Waals surface area contributed by atoms with Crippen molar-refractivity contribution in [3.8, 4) is 0 Å². The van der Waals surface area contributed by atoms with Gasteiger partial charge in [-0.15, -0.1) is 0 Å². The maximum absolute atomic E-state index is 5.30. The minimum atomic E-state index is 0.725. The monoisotopic (exact) mass is 158 g/mol. The van der Waals surface area contributed by atoms with Crippen molar-refractivity contribution < 1.29 is 4.42 Å². The molecule has 0 saturated heterocycles. The van der Waals surface area contributed by atoms with E-state index in [2.05, 4.69) is 4.98 Å². The van der Waals surface area contributed by atoms with Gasteiger partial charge >= 0.3 is 0 Å². The molecule has 0 aliphatic heterocycles. The van der Waals surface area contributed by atoms with E-state index < -0.39 is 0 Å². The van der Waals surface area contributed by atoms with Gasteiger partial charge in [-0.1, -0.05) is 0 Å². The molecule has 4 heteroatoms. The van der Waals surface area contributed by atoms with Gasteiger partial charge in [-0.3, -0.25) is 0 Å². The summed E-state index contributed by atoms with van der Waals surface area (Å²) >= 11 is 1.76. The van der Waals surface area contributed by atoms with Gasteiger partial charge in [0, 0.05) is 18.1 Å². The van der Waals surface area contributed by atoms with E-state index in [0.29, 0.717) is 0 Å². The van der Waals surface area contributed by atoms with Crippen molar-refractivity contribution in [1.29, 1.82) is 0 Å². The molecular weight excluding hydrogens is 148 g/mol. The van der Waals surface area contributed by atoms with E-state index in [4.69, 9.17) is 10.2 Å². The highest BCUT2D eigenvalue weighted by Crippen LogP contribution is 2.07. The average molecular weight is 158 g/mol. The van der Waals surface area contributed by atoms with Crippen LogP contribution in [0.1, 0.15) is 5.69 Å². The SMILES string of the molecule is NCCSCc1cocn1. The number of nitrogens with two attached hydrogens (primary N) is 1. The summed E-state index contributed by atoms with van der Waals surface area (Å²) < 4.78 is 4.79. The predicted octanol–water partition coefficient (Wildman–Crippen LogP) is 0.867. The van der Waals surface area contributed by atoms with Crippen LogP contribution in [0.4, 0.5) is 0 Å². The van der Waals surface area contributed by atoms with Gasteiger partial charge in [0.1, 0.15) is 6.26 Å². The lowest BCUT2D eigenvalue weighted by atomic mass is 10.6. The van der Waals surface area contributed by atoms with E-state index in [1.165, 1.54) is 6.39 Å². The Kier molecular flexibility index (Phi) is 3.32. The minimum Gasteiger partial charge on any atom is -0.451 e. The van der Waals surface area contributed by atoms with Gasteiger partial charge in [0.05, 0.1) is 5.69 Å². The van der Waals surface area contributed by atoms with Gasteiger partial charge < -0.3 is 10.2 Å². The van der Waals surface area contributed by atoms with E-state index in [1.54, 1.807) is 18.0 Å². The van der Waals surface area contributed by atoms with Crippen molar-refractivity contribution in [3.63, 3.8) is 0 Å². The normalized spacial score (nSPS) is 10.1. The van der Waals surface area contributed by atoms with Crippen LogP contribution in [0.5, 0.6) is 0 Å². The Bertz CT molecular complexity index is 164. The van der Waals surface area contributed by atoms with Crippen LogP contribution in [-0.2, 0) is 5.75 Å². The van der Waals surface area contributed by atoms with Crippen molar-refractivity contribution in [1.82, 2.24) is 4.98 Å². The van der Waals surface area contributed by atoms with Gasteiger partial charge in [0.2, 0.25) is 0 Å². The topological polar surface area (TPSA) is 52.0 Å². The summed E-state index contributed by atoms with van der Waals surface area (Å²) in [5.74, 6) is 1.88. The summed E-state index contributed by atoms with van der Waals surface area (Å²) in [6.45, 7) is 0.725. The molecule has 0 unspecified atom stereocenters. The standard InChI is InChI=1S/C6H10N2OS/c7-1-2-10-4-6-3-9-5-8-6/h3,5H,1-2,4,7H2. The van der Waals surface area contributed by atoms with Crippen molar-refractivity contribution in [3.05, 3.63) is 18.4 Å². The molecule has 3 nitrogen and oxygen atoms in total. The number of hydrogen-bond acceptors (Lipinski definition) is 4. The molecule has 0 spiro atoms. The number of rotatable bonds is 4. The molecule has 56 valence electrons. The van der Waals surface area contributed by atoms with E-state index in [1.807, 2.05) is 0 Å². The molecule has 0 aromatic carbocycles. The molecule has 0 aliphatic rings. The maximum atomic E-state index is 5.30. The molecule has 0 aliphatic carbocycles. The first kappa shape index (κ1) is 7.63. The summed E-state index contributed by atoms with van der Waals surface area (Å²) in [4.78, 5) is 3.96. The maximum Gasteiger partial charge on any atom is 0.180 e. The lowest BCUT2D eigenvalue weighted by molar-refractivity contribution is 0.557. The Hall–Kier alpha value is -0.480. The molecule has 0 radical (unpaired) electrons. The van der Waals surface area contributed by atoms with Crippen molar-refractivity contribution in [2.24, 2.45) is 5.73 Å². The second kappa shape index (κ2) is 4.35. The molecule has 1 rings (SSSR count). The molecule has 1 aromatic heterocycles. The second-order valence-corrected chi connectivity index (χ2v) is 2.93. The zero-order valence-electron chi connectivity index (χ0n) is 5.62. The van der Waals surface area contributed by atoms with Crippen molar-refractivity contribution >= 4 is 11.8 Å². The third-order valence-electron chi connectivity index (χ3n) is 0.996. The fourth-order valence-electron chi connectivity index (χ4n) is 0.569. The molecule has 2 N–H and O–H groups in total. The van der Waals surface area contributed by atoms with Gasteiger partial charge in [-0.05, 0) is 0 Å². The highest BCUT2D eigenvalue weighted by atomic mass is 32.2. The molecule has 0 bridgehead atoms. The minimum absolute atomic E-state index is 0.725. The Balaban J connectivity index is 2.15. The quantitative estimate of drug-likeness (QED) is 0.660. The van der Waals surface area contributed by atoms with Gasteiger partial charge in [-0.25, -0.2) is 4.98 Å². The second-order valence-electron chi connectivity index (χ2n) is 1.82. The third kappa shape index (κ3) is 2.41. The van der Waals surface area contributed by atoms with Gasteiger partial charge in [0.15, 0.2) is 6.39 Å². The molecule has 10 heavy (non-hydrogen) atoms. The number of thioether (sulfide) groups is 1. The fraction of sp³-hybridized carbons (Fsp3) is 0.500. The van der Waals surface area contributed by atoms with Crippen LogP contribution < -0.4 is 5.73 Å². The fourth-order valence-corrected chi connectivity index (χ4v) is 1.23. The molecular formula is C6H10N2OS. The summed E-state index contributed by atoms with van der Waals surface area (Å²) in [5, 5.41) is 0. The van der Waals surface area contributed by atoms with Crippen LogP contribution in [0.2, 0.25) is 0 Å². The summed E-state index contributed by atoms with van der Waals surface area (Å²) in [5.41, 5.74) is 6.29. The van der Waals surface area contributed by atoms with E-state index >= 15 is 0 Å². The van der Waals surface area contributed by atoms with Crippen LogP contribution in [-0.4, -0.2) is 17.3 Å². The smallest absolute Gasteiger partial charge is 0.180 e. The third-order valence-corrected chi connectivity index (χ3v) is 2.02. The molecule has 0 saturated carbocycles. The lowest BCUT2D eigenvalue weighted by Crippen LogP contribution is -2.01. The van der Waals surface area contributed by atoms with E-state index in [-0.39, 0.29) is 0 Å². The van der Waals surface area contributed by atoms with Crippen LogP contribution in [0, 0.1) is 0 Å².